The molecule has 116 valence electrons. The van der Waals surface area contributed by atoms with Gasteiger partial charge in [0.15, 0.2) is 0 Å². The summed E-state index contributed by atoms with van der Waals surface area (Å²) in [5, 5.41) is 8.92. The molecule has 1 rings (SSSR count). The zero-order valence-electron chi connectivity index (χ0n) is 13.2. The third-order valence-electron chi connectivity index (χ3n) is 3.59. The van der Waals surface area contributed by atoms with E-state index in [1.165, 1.54) is 5.56 Å². The Bertz CT molecular complexity index is 450. The number of nitrogens with zero attached hydrogens (tertiary/aromatic N) is 2. The van der Waals surface area contributed by atoms with Crippen molar-refractivity contribution in [1.82, 2.24) is 4.90 Å². The molecule has 0 spiro atoms. The van der Waals surface area contributed by atoms with Crippen LogP contribution in [0.4, 0.5) is 0 Å². The first-order valence-electron chi connectivity index (χ1n) is 7.61. The minimum Gasteiger partial charge on any atom is -0.326 e. The first kappa shape index (κ1) is 18.2. The number of hydrogen-bond acceptors (Lipinski definition) is 3. The molecule has 0 bridgehead atoms. The summed E-state index contributed by atoms with van der Waals surface area (Å²) < 4.78 is 1.07. The van der Waals surface area contributed by atoms with E-state index in [-0.39, 0.29) is 12.1 Å². The highest BCUT2D eigenvalue weighted by atomic mass is 79.9. The molecule has 0 aliphatic carbocycles. The van der Waals surface area contributed by atoms with Gasteiger partial charge in [-0.25, -0.2) is 0 Å². The minimum atomic E-state index is 0.0728. The summed E-state index contributed by atoms with van der Waals surface area (Å²) in [6.07, 6.45) is 1.46. The van der Waals surface area contributed by atoms with Gasteiger partial charge in [-0.05, 0) is 30.0 Å². The molecule has 0 aromatic heterocycles. The molecule has 0 saturated heterocycles. The molecule has 1 aromatic carbocycles. The van der Waals surface area contributed by atoms with Crippen molar-refractivity contribution in [2.45, 2.75) is 45.7 Å². The Balaban J connectivity index is 3.06. The van der Waals surface area contributed by atoms with E-state index in [4.69, 9.17) is 11.0 Å². The van der Waals surface area contributed by atoms with Crippen molar-refractivity contribution in [3.63, 3.8) is 0 Å². The van der Waals surface area contributed by atoms with Gasteiger partial charge in [-0.3, -0.25) is 4.90 Å². The van der Waals surface area contributed by atoms with Crippen LogP contribution in [-0.2, 0) is 0 Å². The third kappa shape index (κ3) is 5.78. The second kappa shape index (κ2) is 9.19. The third-order valence-corrected chi connectivity index (χ3v) is 4.12. The Labute approximate surface area is 137 Å². The topological polar surface area (TPSA) is 53.0 Å². The molecule has 0 saturated carbocycles. The summed E-state index contributed by atoms with van der Waals surface area (Å²) in [6, 6.07) is 10.9. The van der Waals surface area contributed by atoms with Crippen molar-refractivity contribution in [2.75, 3.05) is 13.1 Å². The van der Waals surface area contributed by atoms with Gasteiger partial charge in [0.25, 0.3) is 0 Å². The van der Waals surface area contributed by atoms with E-state index in [0.29, 0.717) is 12.3 Å². The second-order valence-corrected chi connectivity index (χ2v) is 6.78. The zero-order chi connectivity index (χ0) is 15.8. The highest BCUT2D eigenvalue weighted by Crippen LogP contribution is 2.27. The van der Waals surface area contributed by atoms with Gasteiger partial charge in [0.05, 0.1) is 6.07 Å². The smallest absolute Gasteiger partial charge is 0.0635 e. The molecule has 21 heavy (non-hydrogen) atoms. The predicted octanol–water partition coefficient (Wildman–Crippen LogP) is 4.10. The van der Waals surface area contributed by atoms with Crippen LogP contribution >= 0.6 is 15.9 Å². The molecule has 0 amide bonds. The van der Waals surface area contributed by atoms with Crippen LogP contribution in [0.25, 0.3) is 0 Å². The first-order valence-corrected chi connectivity index (χ1v) is 8.40. The summed E-state index contributed by atoms with van der Waals surface area (Å²) in [5.41, 5.74) is 7.63. The minimum absolute atomic E-state index is 0.0728. The molecule has 2 atom stereocenters. The van der Waals surface area contributed by atoms with E-state index in [0.717, 1.165) is 24.0 Å². The molecular formula is C17H26BrN3. The Morgan fingerprint density at radius 2 is 1.90 bits per heavy atom. The van der Waals surface area contributed by atoms with Crippen molar-refractivity contribution < 1.29 is 0 Å². The molecule has 2 unspecified atom stereocenters. The van der Waals surface area contributed by atoms with Gasteiger partial charge in [-0.2, -0.15) is 5.26 Å². The number of halogens is 1. The molecule has 0 heterocycles. The lowest BCUT2D eigenvalue weighted by molar-refractivity contribution is 0.154. The quantitative estimate of drug-likeness (QED) is 0.766. The van der Waals surface area contributed by atoms with Crippen molar-refractivity contribution in [2.24, 2.45) is 11.7 Å². The van der Waals surface area contributed by atoms with Gasteiger partial charge < -0.3 is 5.73 Å². The van der Waals surface area contributed by atoms with E-state index in [2.05, 4.69) is 71.9 Å². The Morgan fingerprint density at radius 3 is 2.38 bits per heavy atom. The summed E-state index contributed by atoms with van der Waals surface area (Å²) in [7, 11) is 0. The number of hydrogen-bond donors (Lipinski definition) is 1. The lowest BCUT2D eigenvalue weighted by Gasteiger charge is -2.36. The normalized spacial score (nSPS) is 14.2. The molecule has 0 aliphatic heterocycles. The van der Waals surface area contributed by atoms with Gasteiger partial charge >= 0.3 is 0 Å². The van der Waals surface area contributed by atoms with E-state index in [1.807, 2.05) is 0 Å². The molecule has 0 fully saturated rings. The highest BCUT2D eigenvalue weighted by molar-refractivity contribution is 9.10. The van der Waals surface area contributed by atoms with Crippen LogP contribution in [0.5, 0.6) is 0 Å². The summed E-state index contributed by atoms with van der Waals surface area (Å²) in [5.74, 6) is 0.547. The molecule has 4 heteroatoms. The van der Waals surface area contributed by atoms with Crippen molar-refractivity contribution in [1.29, 1.82) is 5.26 Å². The van der Waals surface area contributed by atoms with E-state index < -0.39 is 0 Å². The maximum absolute atomic E-state index is 8.92. The monoisotopic (exact) mass is 351 g/mol. The van der Waals surface area contributed by atoms with Gasteiger partial charge in [-0.1, -0.05) is 48.8 Å². The van der Waals surface area contributed by atoms with Crippen LogP contribution in [0.2, 0.25) is 0 Å². The summed E-state index contributed by atoms with van der Waals surface area (Å²) in [4.78, 5) is 2.37. The largest absolute Gasteiger partial charge is 0.326 e. The maximum atomic E-state index is 8.92. The molecule has 3 nitrogen and oxygen atoms in total. The SMILES string of the molecule is CCC(N)C(c1ccc(Br)cc1)N(CCC#N)CC(C)C. The molecule has 2 N–H and O–H groups in total. The summed E-state index contributed by atoms with van der Waals surface area (Å²) >= 11 is 3.48. The predicted molar refractivity (Wildman–Crippen MR) is 91.8 cm³/mol. The molecule has 0 radical (unpaired) electrons. The molecular weight excluding hydrogens is 326 g/mol. The van der Waals surface area contributed by atoms with E-state index in [1.54, 1.807) is 0 Å². The van der Waals surface area contributed by atoms with Gasteiger partial charge in [-0.15, -0.1) is 0 Å². The molecule has 0 aliphatic rings. The number of rotatable bonds is 8. The van der Waals surface area contributed by atoms with Crippen LogP contribution in [0.3, 0.4) is 0 Å². The van der Waals surface area contributed by atoms with Crippen LogP contribution in [0, 0.1) is 17.2 Å². The van der Waals surface area contributed by atoms with Crippen molar-refractivity contribution in [3.8, 4) is 6.07 Å². The lowest BCUT2D eigenvalue weighted by atomic mass is 9.95. The Hall–Kier alpha value is -0.890. The maximum Gasteiger partial charge on any atom is 0.0635 e. The molecule has 1 aromatic rings. The average molecular weight is 352 g/mol. The fraction of sp³-hybridized carbons (Fsp3) is 0.588. The zero-order valence-corrected chi connectivity index (χ0v) is 14.8. The first-order chi connectivity index (χ1) is 9.99. The van der Waals surface area contributed by atoms with Crippen LogP contribution in [-0.4, -0.2) is 24.0 Å². The second-order valence-electron chi connectivity index (χ2n) is 5.87. The van der Waals surface area contributed by atoms with Crippen molar-refractivity contribution >= 4 is 15.9 Å². The lowest BCUT2D eigenvalue weighted by Crippen LogP contribution is -2.43. The average Bonchev–Trinajstić information content (AvgIpc) is 2.46. The van der Waals surface area contributed by atoms with Gasteiger partial charge in [0.1, 0.15) is 0 Å². The number of nitriles is 1. The highest BCUT2D eigenvalue weighted by Gasteiger charge is 2.26. The Kier molecular flexibility index (Phi) is 7.95. The fourth-order valence-corrected chi connectivity index (χ4v) is 2.88. The van der Waals surface area contributed by atoms with Gasteiger partial charge in [0, 0.05) is 36.1 Å². The van der Waals surface area contributed by atoms with Crippen LogP contribution < -0.4 is 5.73 Å². The Morgan fingerprint density at radius 1 is 1.29 bits per heavy atom. The standard InChI is InChI=1S/C17H26BrN3/c1-4-16(20)17(14-6-8-15(18)9-7-14)21(11-5-10-19)12-13(2)3/h6-9,13,16-17H,4-5,11-12,20H2,1-3H3. The number of nitrogens with two attached hydrogens (primary N) is 1. The van der Waals surface area contributed by atoms with E-state index in [9.17, 15) is 0 Å². The van der Waals surface area contributed by atoms with E-state index >= 15 is 0 Å². The van der Waals surface area contributed by atoms with Crippen LogP contribution in [0.1, 0.15) is 45.2 Å². The summed E-state index contributed by atoms with van der Waals surface area (Å²) in [6.45, 7) is 8.25. The van der Waals surface area contributed by atoms with Crippen LogP contribution in [0.15, 0.2) is 28.7 Å². The van der Waals surface area contributed by atoms with Gasteiger partial charge in [0.2, 0.25) is 0 Å². The fourth-order valence-electron chi connectivity index (χ4n) is 2.62. The van der Waals surface area contributed by atoms with Crippen molar-refractivity contribution in [3.05, 3.63) is 34.3 Å². The number of benzene rings is 1.